The lowest BCUT2D eigenvalue weighted by Gasteiger charge is -2.40. The normalized spacial score (nSPS) is 16.4. The molecule has 1 atom stereocenters. The predicted molar refractivity (Wildman–Crippen MR) is 130 cm³/mol. The molecule has 0 aliphatic carbocycles. The highest BCUT2D eigenvalue weighted by Gasteiger charge is 2.28. The fraction of sp³-hybridized carbons (Fsp3) is 0.478. The minimum atomic E-state index is -0.130. The number of thioether (sulfide) groups is 1. The van der Waals surface area contributed by atoms with Crippen molar-refractivity contribution in [2.45, 2.75) is 45.3 Å². The molecule has 9 heteroatoms. The van der Waals surface area contributed by atoms with E-state index in [9.17, 15) is 9.59 Å². The number of piperazine rings is 1. The number of aromatic nitrogens is 2. The Morgan fingerprint density at radius 1 is 1.22 bits per heavy atom. The van der Waals surface area contributed by atoms with Crippen molar-refractivity contribution < 1.29 is 9.59 Å². The molecule has 7 nitrogen and oxygen atoms in total. The van der Waals surface area contributed by atoms with Gasteiger partial charge in [-0.2, -0.15) is 0 Å². The van der Waals surface area contributed by atoms with E-state index < -0.39 is 0 Å². The molecule has 2 aromatic rings. The quantitative estimate of drug-likeness (QED) is 0.366. The van der Waals surface area contributed by atoms with Gasteiger partial charge in [-0.05, 0) is 31.9 Å². The van der Waals surface area contributed by atoms with Crippen LogP contribution in [0.25, 0.3) is 0 Å². The Hall–Kier alpha value is -2.32. The Morgan fingerprint density at radius 2 is 1.94 bits per heavy atom. The third-order valence-electron chi connectivity index (χ3n) is 5.18. The zero-order chi connectivity index (χ0) is 23.3. The van der Waals surface area contributed by atoms with Gasteiger partial charge in [0.2, 0.25) is 11.8 Å². The monoisotopic (exact) mass is 475 g/mol. The van der Waals surface area contributed by atoms with Gasteiger partial charge in [-0.1, -0.05) is 54.9 Å². The van der Waals surface area contributed by atoms with Crippen molar-refractivity contribution in [2.75, 3.05) is 35.6 Å². The van der Waals surface area contributed by atoms with E-state index in [1.807, 2.05) is 36.1 Å². The summed E-state index contributed by atoms with van der Waals surface area (Å²) in [6, 6.07) is 9.46. The van der Waals surface area contributed by atoms with Crippen LogP contribution in [0, 0.1) is 12.8 Å². The first-order chi connectivity index (χ1) is 15.2. The number of hydrogen-bond acceptors (Lipinski definition) is 6. The third-order valence-corrected chi connectivity index (χ3v) is 6.22. The van der Waals surface area contributed by atoms with Gasteiger partial charge in [-0.15, -0.1) is 0 Å². The summed E-state index contributed by atoms with van der Waals surface area (Å²) in [5.41, 5.74) is 1.89. The van der Waals surface area contributed by atoms with E-state index >= 15 is 0 Å². The lowest BCUT2D eigenvalue weighted by atomic mass is 10.1. The largest absolute Gasteiger partial charge is 0.353 e. The van der Waals surface area contributed by atoms with Gasteiger partial charge in [0.1, 0.15) is 11.0 Å². The van der Waals surface area contributed by atoms with Crippen molar-refractivity contribution in [3.63, 3.8) is 0 Å². The maximum atomic E-state index is 12.5. The summed E-state index contributed by atoms with van der Waals surface area (Å²) in [4.78, 5) is 37.7. The average Bonchev–Trinajstić information content (AvgIpc) is 2.73. The van der Waals surface area contributed by atoms with Crippen LogP contribution in [0.3, 0.4) is 0 Å². The zero-order valence-corrected chi connectivity index (χ0v) is 20.5. The van der Waals surface area contributed by atoms with Crippen LogP contribution in [0.2, 0.25) is 5.15 Å². The minimum Gasteiger partial charge on any atom is -0.353 e. The first kappa shape index (κ1) is 24.3. The topological polar surface area (TPSA) is 78.4 Å². The third kappa shape index (κ3) is 6.84. The molecule has 1 aromatic carbocycles. The summed E-state index contributed by atoms with van der Waals surface area (Å²) in [5, 5.41) is 3.66. The molecular weight excluding hydrogens is 446 g/mol. The first-order valence-electron chi connectivity index (χ1n) is 10.8. The number of nitrogens with zero attached hydrogens (tertiary/aromatic N) is 4. The van der Waals surface area contributed by atoms with E-state index in [1.165, 1.54) is 11.8 Å². The molecule has 0 spiro atoms. The van der Waals surface area contributed by atoms with Crippen molar-refractivity contribution in [3.8, 4) is 0 Å². The molecule has 1 N–H and O–H groups in total. The number of aryl methyl sites for hydroxylation is 1. The fourth-order valence-corrected chi connectivity index (χ4v) is 4.46. The van der Waals surface area contributed by atoms with Gasteiger partial charge >= 0.3 is 0 Å². The number of amides is 2. The minimum absolute atomic E-state index is 0.0835. The lowest BCUT2D eigenvalue weighted by Crippen LogP contribution is -2.54. The second-order valence-corrected chi connectivity index (χ2v) is 9.84. The van der Waals surface area contributed by atoms with E-state index in [0.717, 1.165) is 11.3 Å². The van der Waals surface area contributed by atoms with Gasteiger partial charge in [0, 0.05) is 43.9 Å². The van der Waals surface area contributed by atoms with Gasteiger partial charge in [0.05, 0.1) is 5.75 Å². The summed E-state index contributed by atoms with van der Waals surface area (Å²) < 4.78 is 0. The van der Waals surface area contributed by atoms with E-state index in [2.05, 4.69) is 41.0 Å². The molecule has 0 saturated carbocycles. The van der Waals surface area contributed by atoms with Crippen LogP contribution in [0.1, 0.15) is 32.8 Å². The zero-order valence-electron chi connectivity index (χ0n) is 19.0. The number of anilines is 2. The molecule has 3 rings (SSSR count). The molecular formula is C23H30ClN5O2S. The van der Waals surface area contributed by atoms with E-state index in [4.69, 9.17) is 11.6 Å². The molecule has 32 heavy (non-hydrogen) atoms. The summed E-state index contributed by atoms with van der Waals surface area (Å²) >= 11 is 7.49. The fourth-order valence-electron chi connectivity index (χ4n) is 3.58. The number of halogens is 1. The average molecular weight is 476 g/mol. The standard InChI is InChI=1S/C23H30ClN5O2S/c1-15(2)11-22(31)29-10-9-28(13-17(29)4)20-12-19(24)26-23(27-20)32-14-21(30)25-18-7-5-16(3)6-8-18/h5-8,12,15,17H,9-11,13-14H2,1-4H3,(H,25,30). The Labute approximate surface area is 198 Å². The Kier molecular flexibility index (Phi) is 8.37. The second-order valence-electron chi connectivity index (χ2n) is 8.51. The summed E-state index contributed by atoms with van der Waals surface area (Å²) in [6.45, 7) is 10.2. The molecule has 1 aliphatic heterocycles. The number of carbonyl (C=O) groups is 2. The molecule has 1 saturated heterocycles. The predicted octanol–water partition coefficient (Wildman–Crippen LogP) is 4.25. The lowest BCUT2D eigenvalue weighted by molar-refractivity contribution is -0.134. The van der Waals surface area contributed by atoms with Crippen LogP contribution in [0.5, 0.6) is 0 Å². The van der Waals surface area contributed by atoms with Crippen LogP contribution >= 0.6 is 23.4 Å². The van der Waals surface area contributed by atoms with Crippen LogP contribution in [0.15, 0.2) is 35.5 Å². The van der Waals surface area contributed by atoms with Gasteiger partial charge in [-0.25, -0.2) is 9.97 Å². The number of carbonyl (C=O) groups excluding carboxylic acids is 2. The molecule has 2 amide bonds. The molecule has 1 aliphatic rings. The van der Waals surface area contributed by atoms with Gasteiger partial charge in [0.25, 0.3) is 0 Å². The van der Waals surface area contributed by atoms with Gasteiger partial charge in [0.15, 0.2) is 5.16 Å². The number of rotatable bonds is 7. The molecule has 1 aromatic heterocycles. The van der Waals surface area contributed by atoms with Crippen LogP contribution in [-0.4, -0.2) is 58.1 Å². The van der Waals surface area contributed by atoms with Gasteiger partial charge in [-0.3, -0.25) is 9.59 Å². The van der Waals surface area contributed by atoms with Crippen molar-refractivity contribution in [2.24, 2.45) is 5.92 Å². The Bertz CT molecular complexity index is 954. The highest BCUT2D eigenvalue weighted by Crippen LogP contribution is 2.24. The molecule has 0 radical (unpaired) electrons. The number of hydrogen-bond donors (Lipinski definition) is 1. The Balaban J connectivity index is 1.59. The van der Waals surface area contributed by atoms with Crippen LogP contribution in [0.4, 0.5) is 11.5 Å². The summed E-state index contributed by atoms with van der Waals surface area (Å²) in [7, 11) is 0. The summed E-state index contributed by atoms with van der Waals surface area (Å²) in [6.07, 6.45) is 0.565. The summed E-state index contributed by atoms with van der Waals surface area (Å²) in [5.74, 6) is 1.31. The highest BCUT2D eigenvalue weighted by molar-refractivity contribution is 7.99. The molecule has 1 fully saturated rings. The maximum Gasteiger partial charge on any atom is 0.234 e. The van der Waals surface area contributed by atoms with Crippen molar-refractivity contribution in [3.05, 3.63) is 41.0 Å². The number of nitrogens with one attached hydrogen (secondary N) is 1. The van der Waals surface area contributed by atoms with Crippen molar-refractivity contribution >= 4 is 46.7 Å². The SMILES string of the molecule is Cc1ccc(NC(=O)CSc2nc(Cl)cc(N3CCN(C(=O)CC(C)C)C(C)C3)n2)cc1. The maximum absolute atomic E-state index is 12.5. The van der Waals surface area contributed by atoms with E-state index in [1.54, 1.807) is 6.07 Å². The number of benzene rings is 1. The molecule has 1 unspecified atom stereocenters. The second kappa shape index (κ2) is 11.0. The van der Waals surface area contributed by atoms with E-state index in [0.29, 0.717) is 48.1 Å². The first-order valence-corrected chi connectivity index (χ1v) is 12.2. The van der Waals surface area contributed by atoms with Crippen LogP contribution in [-0.2, 0) is 9.59 Å². The smallest absolute Gasteiger partial charge is 0.234 e. The molecule has 2 heterocycles. The molecule has 0 bridgehead atoms. The van der Waals surface area contributed by atoms with Crippen molar-refractivity contribution in [1.29, 1.82) is 0 Å². The van der Waals surface area contributed by atoms with Crippen LogP contribution < -0.4 is 10.2 Å². The highest BCUT2D eigenvalue weighted by atomic mass is 35.5. The van der Waals surface area contributed by atoms with Crippen molar-refractivity contribution in [1.82, 2.24) is 14.9 Å². The van der Waals surface area contributed by atoms with E-state index in [-0.39, 0.29) is 23.6 Å². The molecule has 172 valence electrons. The van der Waals surface area contributed by atoms with Gasteiger partial charge < -0.3 is 15.1 Å². The Morgan fingerprint density at radius 3 is 2.59 bits per heavy atom.